The average Bonchev–Trinajstić information content (AvgIpc) is 2.60. The normalized spacial score (nSPS) is 10.8. The van der Waals surface area contributed by atoms with E-state index >= 15 is 0 Å². The summed E-state index contributed by atoms with van der Waals surface area (Å²) in [5.74, 6) is -0.444. The van der Waals surface area contributed by atoms with Gasteiger partial charge in [-0.15, -0.1) is 11.8 Å². The Kier molecular flexibility index (Phi) is 5.01. The van der Waals surface area contributed by atoms with E-state index in [1.807, 2.05) is 18.4 Å². The van der Waals surface area contributed by atoms with Gasteiger partial charge in [0.2, 0.25) is 0 Å². The highest BCUT2D eigenvalue weighted by atomic mass is 79.9. The van der Waals surface area contributed by atoms with Gasteiger partial charge in [0, 0.05) is 21.6 Å². The number of halogens is 1. The van der Waals surface area contributed by atoms with E-state index in [9.17, 15) is 9.59 Å². The zero-order valence-electron chi connectivity index (χ0n) is 12.7. The van der Waals surface area contributed by atoms with Crippen molar-refractivity contribution in [2.75, 3.05) is 6.26 Å². The van der Waals surface area contributed by atoms with Gasteiger partial charge in [-0.1, -0.05) is 0 Å². The first-order chi connectivity index (χ1) is 11.6. The van der Waals surface area contributed by atoms with Crippen LogP contribution in [0, 0.1) is 0 Å². The molecule has 2 heterocycles. The van der Waals surface area contributed by atoms with Crippen LogP contribution >= 0.6 is 27.7 Å². The molecule has 5 nitrogen and oxygen atoms in total. The largest absolute Gasteiger partial charge is 0.456 e. The highest BCUT2D eigenvalue weighted by molar-refractivity contribution is 9.10. The third-order valence-corrected chi connectivity index (χ3v) is 4.57. The predicted octanol–water partition coefficient (Wildman–Crippen LogP) is 3.54. The number of esters is 1. The summed E-state index contributed by atoms with van der Waals surface area (Å²) in [6, 6.07) is 12.0. The van der Waals surface area contributed by atoms with Crippen LogP contribution in [0.4, 0.5) is 0 Å². The van der Waals surface area contributed by atoms with E-state index in [1.54, 1.807) is 42.2 Å². The molecule has 3 rings (SSSR count). The molecule has 0 bridgehead atoms. The SMILES string of the molecule is CSc1ccc(C(=O)OCc2cc(=O)n3cc(Br)ccc3n2)cc1. The van der Waals surface area contributed by atoms with E-state index in [0.717, 1.165) is 9.37 Å². The van der Waals surface area contributed by atoms with Gasteiger partial charge < -0.3 is 4.74 Å². The molecule has 122 valence electrons. The van der Waals surface area contributed by atoms with Gasteiger partial charge in [0.05, 0.1) is 11.3 Å². The Morgan fingerprint density at radius 1 is 1.25 bits per heavy atom. The molecule has 0 aliphatic rings. The molecular weight excluding hydrogens is 392 g/mol. The number of pyridine rings is 1. The van der Waals surface area contributed by atoms with Gasteiger partial charge in [0.1, 0.15) is 12.3 Å². The quantitative estimate of drug-likeness (QED) is 0.491. The number of rotatable bonds is 4. The number of carbonyl (C=O) groups is 1. The first-order valence-electron chi connectivity index (χ1n) is 7.06. The van der Waals surface area contributed by atoms with Crippen molar-refractivity contribution in [1.82, 2.24) is 9.38 Å². The summed E-state index contributed by atoms with van der Waals surface area (Å²) in [5, 5.41) is 0. The van der Waals surface area contributed by atoms with Crippen molar-refractivity contribution in [2.24, 2.45) is 0 Å². The van der Waals surface area contributed by atoms with Crippen LogP contribution in [0.2, 0.25) is 0 Å². The molecule has 24 heavy (non-hydrogen) atoms. The van der Waals surface area contributed by atoms with Crippen molar-refractivity contribution in [3.8, 4) is 0 Å². The number of carbonyl (C=O) groups excluding carboxylic acids is 1. The van der Waals surface area contributed by atoms with Crippen molar-refractivity contribution >= 4 is 39.3 Å². The Labute approximate surface area is 150 Å². The Bertz CT molecular complexity index is 954. The molecule has 0 atom stereocenters. The number of thioether (sulfide) groups is 1. The van der Waals surface area contributed by atoms with Gasteiger partial charge in [-0.3, -0.25) is 9.20 Å². The lowest BCUT2D eigenvalue weighted by molar-refractivity contribution is 0.0467. The molecule has 0 aliphatic heterocycles. The van der Waals surface area contributed by atoms with Crippen LogP contribution in [0.3, 0.4) is 0 Å². The van der Waals surface area contributed by atoms with Crippen LogP contribution in [0.25, 0.3) is 5.65 Å². The second kappa shape index (κ2) is 7.19. The fraction of sp³-hybridized carbons (Fsp3) is 0.118. The van der Waals surface area contributed by atoms with E-state index in [0.29, 0.717) is 16.9 Å². The summed E-state index contributed by atoms with van der Waals surface area (Å²) in [6.07, 6.45) is 3.61. The van der Waals surface area contributed by atoms with Crippen LogP contribution in [0.5, 0.6) is 0 Å². The van der Waals surface area contributed by atoms with E-state index in [1.165, 1.54) is 10.5 Å². The summed E-state index contributed by atoms with van der Waals surface area (Å²) in [5.41, 5.74) is 1.16. The van der Waals surface area contributed by atoms with Crippen molar-refractivity contribution in [3.05, 3.63) is 74.7 Å². The lowest BCUT2D eigenvalue weighted by atomic mass is 10.2. The average molecular weight is 405 g/mol. The van der Waals surface area contributed by atoms with Gasteiger partial charge in [-0.2, -0.15) is 0 Å². The van der Waals surface area contributed by atoms with Crippen LogP contribution in [-0.2, 0) is 11.3 Å². The minimum atomic E-state index is -0.444. The fourth-order valence-corrected chi connectivity index (χ4v) is 2.90. The smallest absolute Gasteiger partial charge is 0.338 e. The van der Waals surface area contributed by atoms with Gasteiger partial charge in [-0.25, -0.2) is 9.78 Å². The van der Waals surface area contributed by atoms with E-state index in [4.69, 9.17) is 4.74 Å². The Hall–Kier alpha value is -2.12. The van der Waals surface area contributed by atoms with Crippen LogP contribution < -0.4 is 5.56 Å². The molecule has 0 radical (unpaired) electrons. The lowest BCUT2D eigenvalue weighted by Crippen LogP contribution is -2.16. The van der Waals surface area contributed by atoms with E-state index in [2.05, 4.69) is 20.9 Å². The van der Waals surface area contributed by atoms with E-state index in [-0.39, 0.29) is 12.2 Å². The number of hydrogen-bond acceptors (Lipinski definition) is 5. The van der Waals surface area contributed by atoms with Crippen molar-refractivity contribution in [1.29, 1.82) is 0 Å². The Morgan fingerprint density at radius 3 is 2.71 bits per heavy atom. The van der Waals surface area contributed by atoms with E-state index < -0.39 is 5.97 Å². The molecule has 0 unspecified atom stereocenters. The predicted molar refractivity (Wildman–Crippen MR) is 96.5 cm³/mol. The molecular formula is C17H13BrN2O3S. The van der Waals surface area contributed by atoms with Gasteiger partial charge in [-0.05, 0) is 58.6 Å². The number of fused-ring (bicyclic) bond motifs is 1. The molecule has 0 saturated heterocycles. The first kappa shape index (κ1) is 16.7. The molecule has 0 N–H and O–H groups in total. The third-order valence-electron chi connectivity index (χ3n) is 3.35. The second-order valence-electron chi connectivity index (χ2n) is 4.97. The Balaban J connectivity index is 1.76. The van der Waals surface area contributed by atoms with Crippen molar-refractivity contribution in [2.45, 2.75) is 11.5 Å². The number of nitrogens with zero attached hydrogens (tertiary/aromatic N) is 2. The molecule has 0 fully saturated rings. The van der Waals surface area contributed by atoms with Crippen LogP contribution in [-0.4, -0.2) is 21.6 Å². The Morgan fingerprint density at radius 2 is 2.00 bits per heavy atom. The number of hydrogen-bond donors (Lipinski definition) is 0. The highest BCUT2D eigenvalue weighted by Crippen LogP contribution is 2.15. The number of aromatic nitrogens is 2. The zero-order chi connectivity index (χ0) is 17.1. The van der Waals surface area contributed by atoms with Crippen LogP contribution in [0.1, 0.15) is 16.1 Å². The first-order valence-corrected chi connectivity index (χ1v) is 9.07. The zero-order valence-corrected chi connectivity index (χ0v) is 15.1. The molecule has 2 aromatic heterocycles. The molecule has 0 aliphatic carbocycles. The summed E-state index contributed by atoms with van der Waals surface area (Å²) in [4.78, 5) is 29.6. The van der Waals surface area contributed by atoms with Crippen molar-refractivity contribution < 1.29 is 9.53 Å². The molecule has 1 aromatic carbocycles. The fourth-order valence-electron chi connectivity index (χ4n) is 2.15. The maximum Gasteiger partial charge on any atom is 0.338 e. The standard InChI is InChI=1S/C17H13BrN2O3S/c1-24-14-5-2-11(3-6-14)17(22)23-10-13-8-16(21)20-9-12(18)4-7-15(20)19-13/h2-9H,10H2,1H3. The minimum absolute atomic E-state index is 0.0507. The third kappa shape index (κ3) is 3.68. The topological polar surface area (TPSA) is 60.7 Å². The minimum Gasteiger partial charge on any atom is -0.456 e. The summed E-state index contributed by atoms with van der Waals surface area (Å²) >= 11 is 4.91. The van der Waals surface area contributed by atoms with Gasteiger partial charge >= 0.3 is 5.97 Å². The lowest BCUT2D eigenvalue weighted by Gasteiger charge is -2.07. The molecule has 0 amide bonds. The van der Waals surface area contributed by atoms with Gasteiger partial charge in [0.25, 0.3) is 5.56 Å². The summed E-state index contributed by atoms with van der Waals surface area (Å²) in [7, 11) is 0. The second-order valence-corrected chi connectivity index (χ2v) is 6.76. The monoisotopic (exact) mass is 404 g/mol. The molecule has 0 spiro atoms. The van der Waals surface area contributed by atoms with Crippen molar-refractivity contribution in [3.63, 3.8) is 0 Å². The summed E-state index contributed by atoms with van der Waals surface area (Å²) < 4.78 is 7.46. The highest BCUT2D eigenvalue weighted by Gasteiger charge is 2.09. The maximum absolute atomic E-state index is 12.1. The maximum atomic E-state index is 12.1. The van der Waals surface area contributed by atoms with Gasteiger partial charge in [0.15, 0.2) is 0 Å². The molecule has 7 heteroatoms. The molecule has 0 saturated carbocycles. The number of benzene rings is 1. The number of ether oxygens (including phenoxy) is 1. The molecule has 3 aromatic rings. The van der Waals surface area contributed by atoms with Crippen LogP contribution in [0.15, 0.2) is 62.8 Å². The summed E-state index contributed by atoms with van der Waals surface area (Å²) in [6.45, 7) is -0.0507.